The molecule has 1 aromatic carbocycles. The smallest absolute Gasteiger partial charge is 0.406 e. The maximum Gasteiger partial charge on any atom is 0.573 e. The van der Waals surface area contributed by atoms with Crippen LogP contribution >= 0.6 is 0 Å². The van der Waals surface area contributed by atoms with E-state index in [2.05, 4.69) is 9.89 Å². The molecule has 2 rings (SSSR count). The van der Waals surface area contributed by atoms with Gasteiger partial charge in [0.1, 0.15) is 11.3 Å². The molecule has 0 atom stereocenters. The molecule has 0 spiro atoms. The topological polar surface area (TPSA) is 55.6 Å². The average molecular weight is 356 g/mol. The van der Waals surface area contributed by atoms with E-state index < -0.39 is 6.36 Å². The molecule has 0 radical (unpaired) electrons. The van der Waals surface area contributed by atoms with Crippen molar-refractivity contribution in [2.45, 2.75) is 39.6 Å². The molecule has 5 nitrogen and oxygen atoms in total. The van der Waals surface area contributed by atoms with Crippen LogP contribution < -0.4 is 4.74 Å². The maximum absolute atomic E-state index is 12.7. The number of hydrogen-bond acceptors (Lipinski definition) is 4. The number of aromatic nitrogens is 1. The number of amides is 1. The molecule has 0 bridgehead atoms. The predicted molar refractivity (Wildman–Crippen MR) is 84.3 cm³/mol. The van der Waals surface area contributed by atoms with E-state index in [0.29, 0.717) is 22.6 Å². The summed E-state index contributed by atoms with van der Waals surface area (Å²) in [5.74, 6) is -0.0316. The molecule has 0 aliphatic carbocycles. The van der Waals surface area contributed by atoms with E-state index in [-0.39, 0.29) is 24.1 Å². The van der Waals surface area contributed by atoms with E-state index in [1.807, 2.05) is 13.8 Å². The Morgan fingerprint density at radius 1 is 1.28 bits per heavy atom. The Labute approximate surface area is 143 Å². The van der Waals surface area contributed by atoms with Gasteiger partial charge in [-0.2, -0.15) is 0 Å². The summed E-state index contributed by atoms with van der Waals surface area (Å²) in [5, 5.41) is 3.85. The van der Waals surface area contributed by atoms with Crippen LogP contribution in [0.15, 0.2) is 28.8 Å². The van der Waals surface area contributed by atoms with Gasteiger partial charge in [-0.15, -0.1) is 13.2 Å². The van der Waals surface area contributed by atoms with Crippen molar-refractivity contribution < 1.29 is 27.2 Å². The largest absolute Gasteiger partial charge is 0.573 e. The van der Waals surface area contributed by atoms with Crippen molar-refractivity contribution in [1.29, 1.82) is 0 Å². The number of rotatable bonds is 5. The molecular formula is C17H19F3N2O3. The number of aryl methyl sites for hydroxylation is 1. The van der Waals surface area contributed by atoms with Gasteiger partial charge < -0.3 is 14.2 Å². The number of alkyl halides is 3. The minimum Gasteiger partial charge on any atom is -0.406 e. The molecule has 0 aliphatic heterocycles. The van der Waals surface area contributed by atoms with Crippen molar-refractivity contribution in [3.8, 4) is 5.75 Å². The summed E-state index contributed by atoms with van der Waals surface area (Å²) >= 11 is 0. The Balaban J connectivity index is 2.10. The quantitative estimate of drug-likeness (QED) is 0.802. The SMILES string of the molecule is Cc1noc(C(C)C)c1C(=O)N(C)Cc1ccc(OC(F)(F)F)cc1. The van der Waals surface area contributed by atoms with Gasteiger partial charge in [-0.05, 0) is 24.6 Å². The minimum atomic E-state index is -4.73. The van der Waals surface area contributed by atoms with E-state index in [1.165, 1.54) is 29.2 Å². The van der Waals surface area contributed by atoms with Crippen molar-refractivity contribution in [3.05, 3.63) is 46.8 Å². The van der Waals surface area contributed by atoms with Gasteiger partial charge in [0.2, 0.25) is 0 Å². The zero-order chi connectivity index (χ0) is 18.8. The predicted octanol–water partition coefficient (Wildman–Crippen LogP) is 4.28. The molecule has 8 heteroatoms. The molecular weight excluding hydrogens is 337 g/mol. The second kappa shape index (κ2) is 7.16. The minimum absolute atomic E-state index is 0.00681. The zero-order valence-electron chi connectivity index (χ0n) is 14.3. The number of carbonyl (C=O) groups is 1. The van der Waals surface area contributed by atoms with Crippen LogP contribution in [0.2, 0.25) is 0 Å². The van der Waals surface area contributed by atoms with Crippen molar-refractivity contribution in [3.63, 3.8) is 0 Å². The fraction of sp³-hybridized carbons (Fsp3) is 0.412. The second-order valence-electron chi connectivity index (χ2n) is 6.01. The Hall–Kier alpha value is -2.51. The van der Waals surface area contributed by atoms with Crippen molar-refractivity contribution in [2.75, 3.05) is 7.05 Å². The van der Waals surface area contributed by atoms with Crippen LogP contribution in [0.5, 0.6) is 5.75 Å². The fourth-order valence-corrected chi connectivity index (χ4v) is 2.37. The fourth-order valence-electron chi connectivity index (χ4n) is 2.37. The van der Waals surface area contributed by atoms with Crippen LogP contribution in [0.1, 0.15) is 47.1 Å². The standard InChI is InChI=1S/C17H19F3N2O3/c1-10(2)15-14(11(3)21-25-15)16(23)22(4)9-12-5-7-13(8-6-12)24-17(18,19)20/h5-8,10H,9H2,1-4H3. The summed E-state index contributed by atoms with van der Waals surface area (Å²) < 4.78 is 45.5. The molecule has 0 N–H and O–H groups in total. The Morgan fingerprint density at radius 3 is 2.40 bits per heavy atom. The molecule has 0 aliphatic rings. The highest BCUT2D eigenvalue weighted by Gasteiger charge is 2.31. The molecule has 0 fully saturated rings. The van der Waals surface area contributed by atoms with E-state index in [4.69, 9.17) is 4.52 Å². The van der Waals surface area contributed by atoms with Crippen molar-refractivity contribution >= 4 is 5.91 Å². The molecule has 1 aromatic heterocycles. The third-order valence-corrected chi connectivity index (χ3v) is 3.55. The van der Waals surface area contributed by atoms with Crippen molar-refractivity contribution in [1.82, 2.24) is 10.1 Å². The molecule has 0 unspecified atom stereocenters. The molecule has 0 saturated heterocycles. The number of benzene rings is 1. The number of ether oxygens (including phenoxy) is 1. The molecule has 1 heterocycles. The second-order valence-corrected chi connectivity index (χ2v) is 6.01. The Morgan fingerprint density at radius 2 is 1.88 bits per heavy atom. The zero-order valence-corrected chi connectivity index (χ0v) is 14.3. The normalized spacial score (nSPS) is 11.7. The van der Waals surface area contributed by atoms with E-state index in [9.17, 15) is 18.0 Å². The monoisotopic (exact) mass is 356 g/mol. The van der Waals surface area contributed by atoms with Gasteiger partial charge in [0.05, 0.1) is 5.69 Å². The first-order valence-corrected chi connectivity index (χ1v) is 7.64. The summed E-state index contributed by atoms with van der Waals surface area (Å²) in [6.07, 6.45) is -4.73. The maximum atomic E-state index is 12.7. The van der Waals surface area contributed by atoms with E-state index in [1.54, 1.807) is 14.0 Å². The van der Waals surface area contributed by atoms with Crippen LogP contribution in [-0.4, -0.2) is 29.4 Å². The number of halogens is 3. The lowest BCUT2D eigenvalue weighted by Gasteiger charge is -2.18. The number of hydrogen-bond donors (Lipinski definition) is 0. The van der Waals surface area contributed by atoms with Crippen LogP contribution in [-0.2, 0) is 6.54 Å². The average Bonchev–Trinajstić information content (AvgIpc) is 2.89. The van der Waals surface area contributed by atoms with Gasteiger partial charge in [-0.1, -0.05) is 31.1 Å². The van der Waals surface area contributed by atoms with Gasteiger partial charge in [-0.25, -0.2) is 0 Å². The molecule has 25 heavy (non-hydrogen) atoms. The van der Waals surface area contributed by atoms with Gasteiger partial charge in [-0.3, -0.25) is 4.79 Å². The van der Waals surface area contributed by atoms with Crippen LogP contribution in [0.3, 0.4) is 0 Å². The first kappa shape index (κ1) is 18.8. The van der Waals surface area contributed by atoms with E-state index >= 15 is 0 Å². The van der Waals surface area contributed by atoms with Crippen molar-refractivity contribution in [2.24, 2.45) is 0 Å². The summed E-state index contributed by atoms with van der Waals surface area (Å²) in [7, 11) is 1.61. The van der Waals surface area contributed by atoms with Gasteiger partial charge >= 0.3 is 6.36 Å². The summed E-state index contributed by atoms with van der Waals surface area (Å²) in [5.41, 5.74) is 1.61. The molecule has 0 saturated carbocycles. The lowest BCUT2D eigenvalue weighted by Crippen LogP contribution is -2.27. The molecule has 2 aromatic rings. The van der Waals surface area contributed by atoms with Crippen LogP contribution in [0.4, 0.5) is 13.2 Å². The first-order valence-electron chi connectivity index (χ1n) is 7.64. The molecule has 1 amide bonds. The number of carbonyl (C=O) groups excluding carboxylic acids is 1. The first-order chi connectivity index (χ1) is 11.6. The van der Waals surface area contributed by atoms with Gasteiger partial charge in [0.15, 0.2) is 5.76 Å². The Bertz CT molecular complexity index is 737. The number of nitrogens with zero attached hydrogens (tertiary/aromatic N) is 2. The highest BCUT2D eigenvalue weighted by Crippen LogP contribution is 2.25. The van der Waals surface area contributed by atoms with Crippen LogP contribution in [0.25, 0.3) is 0 Å². The van der Waals surface area contributed by atoms with Gasteiger partial charge in [0, 0.05) is 19.5 Å². The summed E-state index contributed by atoms with van der Waals surface area (Å²) in [6, 6.07) is 5.39. The summed E-state index contributed by atoms with van der Waals surface area (Å²) in [6.45, 7) is 5.72. The lowest BCUT2D eigenvalue weighted by molar-refractivity contribution is -0.274. The third kappa shape index (κ3) is 4.74. The van der Waals surface area contributed by atoms with Gasteiger partial charge in [0.25, 0.3) is 5.91 Å². The van der Waals surface area contributed by atoms with Crippen LogP contribution in [0, 0.1) is 6.92 Å². The highest BCUT2D eigenvalue weighted by atomic mass is 19.4. The lowest BCUT2D eigenvalue weighted by atomic mass is 10.0. The third-order valence-electron chi connectivity index (χ3n) is 3.55. The van der Waals surface area contributed by atoms with E-state index in [0.717, 1.165) is 0 Å². The summed E-state index contributed by atoms with van der Waals surface area (Å²) in [4.78, 5) is 14.1. The highest BCUT2D eigenvalue weighted by molar-refractivity contribution is 5.96. The molecule has 136 valence electrons. The Kier molecular flexibility index (Phi) is 5.39.